The Morgan fingerprint density at radius 1 is 1.04 bits per heavy atom. The molecule has 23 heavy (non-hydrogen) atoms. The molecular formula is C18H25NO3S. The highest BCUT2D eigenvalue weighted by molar-refractivity contribution is 7.89. The molecule has 0 amide bonds. The van der Waals surface area contributed by atoms with Crippen LogP contribution in [0.2, 0.25) is 0 Å². The van der Waals surface area contributed by atoms with Crippen LogP contribution in [-0.2, 0) is 22.9 Å². The highest BCUT2D eigenvalue weighted by Crippen LogP contribution is 2.32. The smallest absolute Gasteiger partial charge is 0.244 e. The van der Waals surface area contributed by atoms with E-state index in [1.165, 1.54) is 24.7 Å². The van der Waals surface area contributed by atoms with Crippen molar-refractivity contribution in [3.63, 3.8) is 0 Å². The molecule has 0 radical (unpaired) electrons. The zero-order chi connectivity index (χ0) is 16.3. The third-order valence-corrected chi connectivity index (χ3v) is 6.21. The van der Waals surface area contributed by atoms with Crippen molar-refractivity contribution >= 4 is 10.0 Å². The lowest BCUT2D eigenvalue weighted by molar-refractivity contribution is 0.401. The fraction of sp³-hybridized carbons (Fsp3) is 0.556. The lowest BCUT2D eigenvalue weighted by Crippen LogP contribution is -2.27. The van der Waals surface area contributed by atoms with Crippen LogP contribution in [0.3, 0.4) is 0 Å². The van der Waals surface area contributed by atoms with Crippen LogP contribution in [0.1, 0.15) is 49.7 Å². The van der Waals surface area contributed by atoms with Crippen molar-refractivity contribution in [3.05, 3.63) is 34.9 Å². The third kappa shape index (κ3) is 3.78. The topological polar surface area (TPSA) is 55.4 Å². The number of ether oxygens (including phenoxy) is 1. The maximum Gasteiger partial charge on any atom is 0.244 e. The van der Waals surface area contributed by atoms with Gasteiger partial charge in [0.25, 0.3) is 0 Å². The van der Waals surface area contributed by atoms with E-state index in [9.17, 15) is 8.42 Å². The van der Waals surface area contributed by atoms with E-state index in [2.05, 4.69) is 10.8 Å². The van der Waals surface area contributed by atoms with E-state index >= 15 is 0 Å². The number of hydrogen-bond donors (Lipinski definition) is 1. The quantitative estimate of drug-likeness (QED) is 0.840. The van der Waals surface area contributed by atoms with Gasteiger partial charge in [-0.25, -0.2) is 13.1 Å². The number of rotatable bonds is 5. The molecule has 0 atom stereocenters. The van der Waals surface area contributed by atoms with Crippen molar-refractivity contribution in [2.24, 2.45) is 0 Å². The molecule has 0 aromatic heterocycles. The van der Waals surface area contributed by atoms with Gasteiger partial charge in [-0.3, -0.25) is 0 Å². The molecule has 0 saturated carbocycles. The van der Waals surface area contributed by atoms with Crippen molar-refractivity contribution in [1.29, 1.82) is 0 Å². The fourth-order valence-corrected chi connectivity index (χ4v) is 4.68. The monoisotopic (exact) mass is 335 g/mol. The van der Waals surface area contributed by atoms with Crippen LogP contribution in [0, 0.1) is 0 Å². The van der Waals surface area contributed by atoms with Gasteiger partial charge in [0.05, 0.1) is 7.11 Å². The minimum absolute atomic E-state index is 0.275. The Bertz CT molecular complexity index is 707. The first kappa shape index (κ1) is 16.5. The molecule has 126 valence electrons. The van der Waals surface area contributed by atoms with E-state index in [1.54, 1.807) is 0 Å². The van der Waals surface area contributed by atoms with Crippen molar-refractivity contribution in [2.75, 3.05) is 13.7 Å². The largest absolute Gasteiger partial charge is 0.495 e. The Morgan fingerprint density at radius 3 is 2.39 bits per heavy atom. The second-order valence-electron chi connectivity index (χ2n) is 6.41. The number of aryl methyl sites for hydroxylation is 2. The van der Waals surface area contributed by atoms with E-state index in [-0.39, 0.29) is 4.90 Å². The molecule has 1 N–H and O–H groups in total. The zero-order valence-corrected chi connectivity index (χ0v) is 14.5. The average Bonchev–Trinajstić information content (AvgIpc) is 2.60. The van der Waals surface area contributed by atoms with Crippen molar-refractivity contribution < 1.29 is 13.2 Å². The Morgan fingerprint density at radius 2 is 1.74 bits per heavy atom. The Hall–Kier alpha value is -1.33. The Labute approximate surface area is 139 Å². The maximum absolute atomic E-state index is 12.7. The van der Waals surface area contributed by atoms with Gasteiger partial charge in [0, 0.05) is 6.54 Å². The van der Waals surface area contributed by atoms with Crippen LogP contribution >= 0.6 is 0 Å². The van der Waals surface area contributed by atoms with Crippen LogP contribution in [0.15, 0.2) is 28.7 Å². The second-order valence-corrected chi connectivity index (χ2v) is 8.15. The number of nitrogens with one attached hydrogen (secondary N) is 1. The number of methoxy groups -OCH3 is 1. The summed E-state index contributed by atoms with van der Waals surface area (Å²) < 4.78 is 33.6. The molecule has 0 bridgehead atoms. The Kier molecular flexibility index (Phi) is 5.07. The molecule has 0 heterocycles. The van der Waals surface area contributed by atoms with E-state index < -0.39 is 10.0 Å². The van der Waals surface area contributed by atoms with Crippen molar-refractivity contribution in [2.45, 2.75) is 56.3 Å². The van der Waals surface area contributed by atoms with Crippen LogP contribution in [0.4, 0.5) is 0 Å². The third-order valence-electron chi connectivity index (χ3n) is 4.79. The minimum atomic E-state index is -3.55. The Balaban J connectivity index is 1.84. The lowest BCUT2D eigenvalue weighted by atomic mass is 9.92. The predicted molar refractivity (Wildman–Crippen MR) is 91.4 cm³/mol. The molecule has 0 saturated heterocycles. The number of benzene rings is 1. The predicted octanol–water partition coefficient (Wildman–Crippen LogP) is 3.35. The van der Waals surface area contributed by atoms with E-state index in [0.29, 0.717) is 12.3 Å². The molecule has 0 unspecified atom stereocenters. The summed E-state index contributed by atoms with van der Waals surface area (Å²) in [5.41, 5.74) is 3.56. The molecule has 4 nitrogen and oxygen atoms in total. The maximum atomic E-state index is 12.7. The van der Waals surface area contributed by atoms with Gasteiger partial charge < -0.3 is 4.74 Å². The molecule has 0 fully saturated rings. The molecule has 5 heteroatoms. The van der Waals surface area contributed by atoms with Gasteiger partial charge in [0.2, 0.25) is 10.0 Å². The number of hydrogen-bond acceptors (Lipinski definition) is 3. The van der Waals surface area contributed by atoms with Crippen molar-refractivity contribution in [1.82, 2.24) is 4.72 Å². The van der Waals surface area contributed by atoms with E-state index in [0.717, 1.165) is 50.5 Å². The first-order valence-electron chi connectivity index (χ1n) is 8.47. The van der Waals surface area contributed by atoms with Gasteiger partial charge in [-0.2, -0.15) is 0 Å². The first-order valence-corrected chi connectivity index (χ1v) is 9.96. The summed E-state index contributed by atoms with van der Waals surface area (Å²) in [4.78, 5) is 0.275. The van der Waals surface area contributed by atoms with Crippen LogP contribution in [-0.4, -0.2) is 22.1 Å². The first-order chi connectivity index (χ1) is 11.1. The summed E-state index contributed by atoms with van der Waals surface area (Å²) in [6.07, 6.45) is 10.8. The SMILES string of the molecule is COc1cc2c(cc1S(=O)(=O)NCC1=CCCCC1)CCCC2. The second kappa shape index (κ2) is 7.05. The van der Waals surface area contributed by atoms with Gasteiger partial charge >= 0.3 is 0 Å². The standard InChI is InChI=1S/C18H25NO3S/c1-22-17-11-15-9-5-6-10-16(15)12-18(17)23(20,21)19-13-14-7-3-2-4-8-14/h7,11-12,19H,2-6,8-10,13H2,1H3. The highest BCUT2D eigenvalue weighted by atomic mass is 32.2. The van der Waals surface area contributed by atoms with Gasteiger partial charge in [0.1, 0.15) is 10.6 Å². The molecule has 0 aliphatic heterocycles. The normalized spacial score (nSPS) is 18.2. The van der Waals surface area contributed by atoms with Crippen LogP contribution < -0.4 is 9.46 Å². The van der Waals surface area contributed by atoms with Gasteiger partial charge in [-0.15, -0.1) is 0 Å². The fourth-order valence-electron chi connectivity index (χ4n) is 3.44. The lowest BCUT2D eigenvalue weighted by Gasteiger charge is -2.20. The summed E-state index contributed by atoms with van der Waals surface area (Å²) in [6, 6.07) is 3.72. The summed E-state index contributed by atoms with van der Waals surface area (Å²) in [7, 11) is -2.02. The molecule has 2 aliphatic carbocycles. The van der Waals surface area contributed by atoms with Gasteiger partial charge in [-0.05, 0) is 74.6 Å². The highest BCUT2D eigenvalue weighted by Gasteiger charge is 2.23. The van der Waals surface area contributed by atoms with Gasteiger partial charge in [0.15, 0.2) is 0 Å². The van der Waals surface area contributed by atoms with E-state index in [1.807, 2.05) is 12.1 Å². The zero-order valence-electron chi connectivity index (χ0n) is 13.7. The van der Waals surface area contributed by atoms with Crippen molar-refractivity contribution in [3.8, 4) is 5.75 Å². The van der Waals surface area contributed by atoms with E-state index in [4.69, 9.17) is 4.74 Å². The molecular weight excluding hydrogens is 310 g/mol. The summed E-state index contributed by atoms with van der Waals surface area (Å²) >= 11 is 0. The van der Waals surface area contributed by atoms with Crippen LogP contribution in [0.5, 0.6) is 5.75 Å². The number of allylic oxidation sites excluding steroid dienone is 1. The molecule has 2 aliphatic rings. The minimum Gasteiger partial charge on any atom is -0.495 e. The summed E-state index contributed by atoms with van der Waals surface area (Å²) in [5, 5.41) is 0. The molecule has 0 spiro atoms. The van der Waals surface area contributed by atoms with Crippen LogP contribution in [0.25, 0.3) is 0 Å². The average molecular weight is 335 g/mol. The molecule has 1 aromatic carbocycles. The van der Waals surface area contributed by atoms with Gasteiger partial charge in [-0.1, -0.05) is 11.6 Å². The summed E-state index contributed by atoms with van der Waals surface area (Å²) in [5.74, 6) is 0.454. The molecule has 3 rings (SSSR count). The number of sulfonamides is 1. The summed E-state index contributed by atoms with van der Waals surface area (Å²) in [6.45, 7) is 0.405. The molecule has 1 aromatic rings. The number of fused-ring (bicyclic) bond motifs is 1.